The van der Waals surface area contributed by atoms with Crippen LogP contribution in [0.15, 0.2) is 0 Å². The van der Waals surface area contributed by atoms with Crippen molar-refractivity contribution in [2.75, 3.05) is 32.9 Å². The molecule has 0 heterocycles. The summed E-state index contributed by atoms with van der Waals surface area (Å²) in [7, 11) is 0. The molecule has 86 valence electrons. The Morgan fingerprint density at radius 2 is 2.00 bits per heavy atom. The van der Waals surface area contributed by atoms with Crippen LogP contribution in [0.1, 0.15) is 33.6 Å². The molecule has 3 heteroatoms. The van der Waals surface area contributed by atoms with Crippen LogP contribution >= 0.6 is 0 Å². The molecule has 0 spiro atoms. The van der Waals surface area contributed by atoms with Gasteiger partial charge in [0.25, 0.3) is 0 Å². The first-order chi connectivity index (χ1) is 6.62. The van der Waals surface area contributed by atoms with Gasteiger partial charge in [-0.1, -0.05) is 20.8 Å². The minimum absolute atomic E-state index is 0.180. The highest BCUT2D eigenvalue weighted by Crippen LogP contribution is 2.17. The first kappa shape index (κ1) is 13.9. The van der Waals surface area contributed by atoms with Crippen molar-refractivity contribution >= 4 is 0 Å². The van der Waals surface area contributed by atoms with Crippen LogP contribution in [-0.4, -0.2) is 38.0 Å². The van der Waals surface area contributed by atoms with Gasteiger partial charge in [0.15, 0.2) is 0 Å². The third-order valence-corrected chi connectivity index (χ3v) is 2.16. The maximum absolute atomic E-state index is 8.82. The summed E-state index contributed by atoms with van der Waals surface area (Å²) in [5.74, 6) is 0. The van der Waals surface area contributed by atoms with E-state index in [1.165, 1.54) is 0 Å². The van der Waals surface area contributed by atoms with Gasteiger partial charge in [-0.05, 0) is 18.3 Å². The Balaban J connectivity index is 3.26. The van der Waals surface area contributed by atoms with Crippen molar-refractivity contribution in [2.45, 2.75) is 33.6 Å². The lowest BCUT2D eigenvalue weighted by molar-refractivity contribution is 0.132. The molecule has 0 aromatic rings. The molecule has 0 aromatic carbocycles. The second-order valence-electron chi connectivity index (χ2n) is 4.43. The average Bonchev–Trinajstić information content (AvgIpc) is 2.11. The molecule has 0 aliphatic carbocycles. The Hall–Kier alpha value is -0.120. The lowest BCUT2D eigenvalue weighted by Crippen LogP contribution is -2.32. The van der Waals surface area contributed by atoms with E-state index in [0.29, 0.717) is 0 Å². The fourth-order valence-electron chi connectivity index (χ4n) is 1.21. The Labute approximate surface area is 87.8 Å². The predicted molar refractivity (Wildman–Crippen MR) is 59.5 cm³/mol. The van der Waals surface area contributed by atoms with Crippen molar-refractivity contribution in [3.63, 3.8) is 0 Å². The minimum Gasteiger partial charge on any atom is -0.396 e. The predicted octanol–water partition coefficient (Wildman–Crippen LogP) is 1.41. The van der Waals surface area contributed by atoms with Gasteiger partial charge in [0.1, 0.15) is 0 Å². The van der Waals surface area contributed by atoms with Crippen molar-refractivity contribution in [3.8, 4) is 0 Å². The van der Waals surface area contributed by atoms with Crippen LogP contribution in [0.4, 0.5) is 0 Å². The van der Waals surface area contributed by atoms with E-state index in [2.05, 4.69) is 26.1 Å². The van der Waals surface area contributed by atoms with E-state index in [1.54, 1.807) is 0 Å². The van der Waals surface area contributed by atoms with Gasteiger partial charge in [-0.3, -0.25) is 0 Å². The summed E-state index contributed by atoms with van der Waals surface area (Å²) in [5.41, 5.74) is 0.180. The Morgan fingerprint density at radius 1 is 1.29 bits per heavy atom. The summed E-state index contributed by atoms with van der Waals surface area (Å²) in [6.07, 6.45) is 1.92. The van der Waals surface area contributed by atoms with Gasteiger partial charge in [-0.25, -0.2) is 0 Å². The molecule has 3 nitrogen and oxygen atoms in total. The van der Waals surface area contributed by atoms with E-state index in [0.717, 1.165) is 39.1 Å². The number of aliphatic hydroxyl groups is 1. The molecule has 14 heavy (non-hydrogen) atoms. The Bertz CT molecular complexity index is 126. The molecule has 0 fully saturated rings. The maximum Gasteiger partial charge on any atom is 0.0590 e. The molecule has 2 N–H and O–H groups in total. The maximum atomic E-state index is 8.82. The summed E-state index contributed by atoms with van der Waals surface area (Å²) in [6.45, 7) is 10.1. The van der Waals surface area contributed by atoms with Crippen LogP contribution in [0.25, 0.3) is 0 Å². The summed E-state index contributed by atoms with van der Waals surface area (Å²) in [6, 6.07) is 0. The molecule has 0 radical (unpaired) electrons. The standard InChI is InChI=1S/C11H25NO2/c1-4-8-14-9-6-12-10-11(2,3)5-7-13/h12-13H,4-10H2,1-3H3. The topological polar surface area (TPSA) is 41.5 Å². The van der Waals surface area contributed by atoms with Crippen molar-refractivity contribution in [1.82, 2.24) is 5.32 Å². The van der Waals surface area contributed by atoms with Gasteiger partial charge in [-0.2, -0.15) is 0 Å². The molecule has 0 rings (SSSR count). The van der Waals surface area contributed by atoms with Gasteiger partial charge in [-0.15, -0.1) is 0 Å². The molecule has 0 saturated carbocycles. The number of rotatable bonds is 9. The van der Waals surface area contributed by atoms with Crippen molar-refractivity contribution in [2.24, 2.45) is 5.41 Å². The fourth-order valence-corrected chi connectivity index (χ4v) is 1.21. The first-order valence-electron chi connectivity index (χ1n) is 5.51. The van der Waals surface area contributed by atoms with Gasteiger partial charge >= 0.3 is 0 Å². The molecular weight excluding hydrogens is 178 g/mol. The van der Waals surface area contributed by atoms with Crippen LogP contribution in [-0.2, 0) is 4.74 Å². The fraction of sp³-hybridized carbons (Fsp3) is 1.00. The Kier molecular flexibility index (Phi) is 8.14. The van der Waals surface area contributed by atoms with Crippen LogP contribution in [0.2, 0.25) is 0 Å². The van der Waals surface area contributed by atoms with Crippen molar-refractivity contribution < 1.29 is 9.84 Å². The third-order valence-electron chi connectivity index (χ3n) is 2.16. The largest absolute Gasteiger partial charge is 0.396 e. The molecule has 0 aliphatic rings. The summed E-state index contributed by atoms with van der Waals surface area (Å²) in [4.78, 5) is 0. The SMILES string of the molecule is CCCOCCNCC(C)(C)CCO. The summed E-state index contributed by atoms with van der Waals surface area (Å²) < 4.78 is 5.35. The highest BCUT2D eigenvalue weighted by atomic mass is 16.5. The highest BCUT2D eigenvalue weighted by Gasteiger charge is 2.15. The molecule has 0 bridgehead atoms. The van der Waals surface area contributed by atoms with Crippen LogP contribution in [0.3, 0.4) is 0 Å². The lowest BCUT2D eigenvalue weighted by atomic mass is 9.90. The van der Waals surface area contributed by atoms with Gasteiger partial charge < -0.3 is 15.2 Å². The highest BCUT2D eigenvalue weighted by molar-refractivity contribution is 4.70. The number of hydrogen-bond donors (Lipinski definition) is 2. The zero-order chi connectivity index (χ0) is 10.9. The monoisotopic (exact) mass is 203 g/mol. The molecule has 0 atom stereocenters. The van der Waals surface area contributed by atoms with E-state index < -0.39 is 0 Å². The average molecular weight is 203 g/mol. The summed E-state index contributed by atoms with van der Waals surface area (Å²) >= 11 is 0. The van der Waals surface area contributed by atoms with E-state index in [1.807, 2.05) is 0 Å². The normalized spacial score (nSPS) is 12.0. The number of ether oxygens (including phenoxy) is 1. The van der Waals surface area contributed by atoms with Gasteiger partial charge in [0, 0.05) is 26.3 Å². The van der Waals surface area contributed by atoms with Crippen LogP contribution < -0.4 is 5.32 Å². The Morgan fingerprint density at radius 3 is 2.57 bits per heavy atom. The first-order valence-corrected chi connectivity index (χ1v) is 5.51. The molecule has 0 aliphatic heterocycles. The van der Waals surface area contributed by atoms with Gasteiger partial charge in [0.2, 0.25) is 0 Å². The second kappa shape index (κ2) is 8.21. The smallest absolute Gasteiger partial charge is 0.0590 e. The number of aliphatic hydroxyl groups excluding tert-OH is 1. The lowest BCUT2D eigenvalue weighted by Gasteiger charge is -2.23. The van der Waals surface area contributed by atoms with E-state index >= 15 is 0 Å². The van der Waals surface area contributed by atoms with Crippen molar-refractivity contribution in [3.05, 3.63) is 0 Å². The zero-order valence-corrected chi connectivity index (χ0v) is 9.81. The molecule has 0 amide bonds. The van der Waals surface area contributed by atoms with E-state index in [4.69, 9.17) is 9.84 Å². The number of hydrogen-bond acceptors (Lipinski definition) is 3. The van der Waals surface area contributed by atoms with Crippen LogP contribution in [0.5, 0.6) is 0 Å². The van der Waals surface area contributed by atoms with Crippen LogP contribution in [0, 0.1) is 5.41 Å². The third kappa shape index (κ3) is 8.48. The van der Waals surface area contributed by atoms with E-state index in [-0.39, 0.29) is 12.0 Å². The molecule has 0 unspecified atom stereocenters. The van der Waals surface area contributed by atoms with Crippen molar-refractivity contribution in [1.29, 1.82) is 0 Å². The van der Waals surface area contributed by atoms with E-state index in [9.17, 15) is 0 Å². The quantitative estimate of drug-likeness (QED) is 0.557. The second-order valence-corrected chi connectivity index (χ2v) is 4.43. The van der Waals surface area contributed by atoms with Gasteiger partial charge in [0.05, 0.1) is 6.61 Å². The number of nitrogens with one attached hydrogen (secondary N) is 1. The molecule has 0 aromatic heterocycles. The molecular formula is C11H25NO2. The minimum atomic E-state index is 0.180. The summed E-state index contributed by atoms with van der Waals surface area (Å²) in [5, 5.41) is 12.2. The zero-order valence-electron chi connectivity index (χ0n) is 9.81. The molecule has 0 saturated heterocycles.